The number of benzene rings is 1. The van der Waals surface area contributed by atoms with Crippen molar-refractivity contribution in [3.63, 3.8) is 0 Å². The van der Waals surface area contributed by atoms with Crippen molar-refractivity contribution in [2.45, 2.75) is 26.2 Å². The van der Waals surface area contributed by atoms with Crippen LogP contribution in [-0.2, 0) is 26.2 Å². The Hall–Kier alpha value is -1.65. The smallest absolute Gasteiger partial charge is 0.155 e. The molecule has 2 heterocycles. The number of aromatic nitrogens is 1. The lowest BCUT2D eigenvalue weighted by molar-refractivity contribution is 0.255. The zero-order chi connectivity index (χ0) is 11.7. The fourth-order valence-electron chi connectivity index (χ4n) is 2.29. The molecule has 0 amide bonds. The molecule has 0 saturated heterocycles. The molecule has 2 N–H and O–H groups in total. The second-order valence-corrected chi connectivity index (χ2v) is 4.37. The monoisotopic (exact) mass is 229 g/mol. The van der Waals surface area contributed by atoms with E-state index in [1.165, 1.54) is 11.1 Å². The Morgan fingerprint density at radius 3 is 2.82 bits per heavy atom. The fourth-order valence-corrected chi connectivity index (χ4v) is 2.29. The molecule has 0 bridgehead atoms. The maximum absolute atomic E-state index is 5.61. The maximum Gasteiger partial charge on any atom is 0.155 e. The first-order valence-electron chi connectivity index (χ1n) is 5.79. The van der Waals surface area contributed by atoms with Gasteiger partial charge in [-0.25, -0.2) is 0 Å². The molecule has 4 nitrogen and oxygen atoms in total. The van der Waals surface area contributed by atoms with Gasteiger partial charge in [-0.2, -0.15) is 0 Å². The molecular formula is C13H15N3O. The third kappa shape index (κ3) is 1.97. The minimum atomic E-state index is 0.432. The van der Waals surface area contributed by atoms with Crippen LogP contribution in [0, 0.1) is 0 Å². The minimum Gasteiger partial charge on any atom is -0.359 e. The summed E-state index contributed by atoms with van der Waals surface area (Å²) in [6.07, 6.45) is 0. The van der Waals surface area contributed by atoms with Gasteiger partial charge in [0.1, 0.15) is 5.69 Å². The summed E-state index contributed by atoms with van der Waals surface area (Å²) in [7, 11) is 0. The molecule has 17 heavy (non-hydrogen) atoms. The van der Waals surface area contributed by atoms with Crippen molar-refractivity contribution in [1.29, 1.82) is 0 Å². The molecule has 0 atom stereocenters. The molecule has 2 aromatic rings. The number of rotatable bonds is 3. The molecular weight excluding hydrogens is 214 g/mol. The van der Waals surface area contributed by atoms with Gasteiger partial charge in [0.2, 0.25) is 0 Å². The van der Waals surface area contributed by atoms with Gasteiger partial charge >= 0.3 is 0 Å². The van der Waals surface area contributed by atoms with E-state index in [0.29, 0.717) is 6.54 Å². The molecule has 1 aromatic carbocycles. The standard InChI is InChI=1S/C13H15N3O/c14-6-13-11-8-16(9-12(11)15-17-13)7-10-4-2-1-3-5-10/h1-5H,6-9,14H2. The van der Waals surface area contributed by atoms with Crippen LogP contribution < -0.4 is 5.73 Å². The van der Waals surface area contributed by atoms with E-state index in [9.17, 15) is 0 Å². The first kappa shape index (κ1) is 10.5. The maximum atomic E-state index is 5.61. The Bertz CT molecular complexity index is 507. The highest BCUT2D eigenvalue weighted by Crippen LogP contribution is 2.26. The Balaban J connectivity index is 1.72. The van der Waals surface area contributed by atoms with Crippen molar-refractivity contribution in [3.05, 3.63) is 52.9 Å². The van der Waals surface area contributed by atoms with Gasteiger partial charge in [-0.3, -0.25) is 4.90 Å². The largest absolute Gasteiger partial charge is 0.359 e. The summed E-state index contributed by atoms with van der Waals surface area (Å²) in [6.45, 7) is 3.12. The first-order valence-corrected chi connectivity index (χ1v) is 5.79. The Morgan fingerprint density at radius 1 is 1.24 bits per heavy atom. The zero-order valence-electron chi connectivity index (χ0n) is 9.60. The van der Waals surface area contributed by atoms with Crippen LogP contribution in [0.25, 0.3) is 0 Å². The van der Waals surface area contributed by atoms with E-state index >= 15 is 0 Å². The van der Waals surface area contributed by atoms with Crippen LogP contribution in [0.3, 0.4) is 0 Å². The minimum absolute atomic E-state index is 0.432. The van der Waals surface area contributed by atoms with Crippen LogP contribution in [0.15, 0.2) is 34.9 Å². The van der Waals surface area contributed by atoms with E-state index in [-0.39, 0.29) is 0 Å². The average Bonchev–Trinajstić information content (AvgIpc) is 2.89. The van der Waals surface area contributed by atoms with Crippen molar-refractivity contribution >= 4 is 0 Å². The molecule has 1 aliphatic heterocycles. The van der Waals surface area contributed by atoms with Gasteiger partial charge in [-0.05, 0) is 5.56 Å². The summed E-state index contributed by atoms with van der Waals surface area (Å²) in [5.41, 5.74) is 9.16. The number of hydrogen-bond donors (Lipinski definition) is 1. The van der Waals surface area contributed by atoms with E-state index in [2.05, 4.69) is 34.3 Å². The molecule has 1 aliphatic rings. The van der Waals surface area contributed by atoms with Gasteiger partial charge in [-0.1, -0.05) is 35.5 Å². The van der Waals surface area contributed by atoms with E-state index in [4.69, 9.17) is 10.3 Å². The lowest BCUT2D eigenvalue weighted by Gasteiger charge is -2.14. The van der Waals surface area contributed by atoms with Gasteiger partial charge in [-0.15, -0.1) is 0 Å². The van der Waals surface area contributed by atoms with Crippen LogP contribution >= 0.6 is 0 Å². The van der Waals surface area contributed by atoms with Crippen molar-refractivity contribution in [3.8, 4) is 0 Å². The van der Waals surface area contributed by atoms with Crippen molar-refractivity contribution < 1.29 is 4.52 Å². The predicted octanol–water partition coefficient (Wildman–Crippen LogP) is 1.65. The molecule has 0 spiro atoms. The highest BCUT2D eigenvalue weighted by Gasteiger charge is 2.25. The Labute approximate surface area is 100 Å². The fraction of sp³-hybridized carbons (Fsp3) is 0.308. The van der Waals surface area contributed by atoms with E-state index in [1.807, 2.05) is 6.07 Å². The molecule has 0 unspecified atom stereocenters. The molecule has 0 fully saturated rings. The van der Waals surface area contributed by atoms with Gasteiger partial charge in [0.15, 0.2) is 5.76 Å². The number of hydrogen-bond acceptors (Lipinski definition) is 4. The normalized spacial score (nSPS) is 15.1. The van der Waals surface area contributed by atoms with Gasteiger partial charge < -0.3 is 10.3 Å². The van der Waals surface area contributed by atoms with Crippen LogP contribution in [0.4, 0.5) is 0 Å². The Kier molecular flexibility index (Phi) is 2.66. The first-order chi connectivity index (χ1) is 8.36. The molecule has 3 rings (SSSR count). The van der Waals surface area contributed by atoms with E-state index < -0.39 is 0 Å². The summed E-state index contributed by atoms with van der Waals surface area (Å²) in [5.74, 6) is 0.829. The molecule has 0 saturated carbocycles. The molecule has 0 aliphatic carbocycles. The third-order valence-electron chi connectivity index (χ3n) is 3.14. The highest BCUT2D eigenvalue weighted by atomic mass is 16.5. The second-order valence-electron chi connectivity index (χ2n) is 4.37. The van der Waals surface area contributed by atoms with Crippen molar-refractivity contribution in [1.82, 2.24) is 10.1 Å². The van der Waals surface area contributed by atoms with Crippen LogP contribution in [0.2, 0.25) is 0 Å². The molecule has 1 aromatic heterocycles. The summed E-state index contributed by atoms with van der Waals surface area (Å²) >= 11 is 0. The number of nitrogens with zero attached hydrogens (tertiary/aromatic N) is 2. The van der Waals surface area contributed by atoms with Crippen molar-refractivity contribution in [2.24, 2.45) is 5.73 Å². The summed E-state index contributed by atoms with van der Waals surface area (Å²) in [6, 6.07) is 10.5. The van der Waals surface area contributed by atoms with Crippen LogP contribution in [0.5, 0.6) is 0 Å². The summed E-state index contributed by atoms with van der Waals surface area (Å²) in [4.78, 5) is 2.35. The predicted molar refractivity (Wildman–Crippen MR) is 63.8 cm³/mol. The topological polar surface area (TPSA) is 55.3 Å². The SMILES string of the molecule is NCc1onc2c1CN(Cc1ccccc1)C2. The lowest BCUT2D eigenvalue weighted by atomic mass is 10.2. The summed E-state index contributed by atoms with van der Waals surface area (Å²) < 4.78 is 5.18. The lowest BCUT2D eigenvalue weighted by Crippen LogP contribution is -2.16. The number of fused-ring (bicyclic) bond motifs is 1. The quantitative estimate of drug-likeness (QED) is 0.869. The molecule has 0 radical (unpaired) electrons. The average molecular weight is 229 g/mol. The van der Waals surface area contributed by atoms with E-state index in [1.54, 1.807) is 0 Å². The van der Waals surface area contributed by atoms with Crippen LogP contribution in [0.1, 0.15) is 22.6 Å². The molecule has 88 valence electrons. The summed E-state index contributed by atoms with van der Waals surface area (Å²) in [5, 5.41) is 4.06. The second kappa shape index (κ2) is 4.31. The van der Waals surface area contributed by atoms with Gasteiger partial charge in [0, 0.05) is 25.2 Å². The zero-order valence-corrected chi connectivity index (χ0v) is 9.60. The van der Waals surface area contributed by atoms with Crippen molar-refractivity contribution in [2.75, 3.05) is 0 Å². The third-order valence-corrected chi connectivity index (χ3v) is 3.14. The molecule has 4 heteroatoms. The highest BCUT2D eigenvalue weighted by molar-refractivity contribution is 5.27. The number of nitrogens with two attached hydrogens (primary N) is 1. The van der Waals surface area contributed by atoms with E-state index in [0.717, 1.165) is 31.1 Å². The van der Waals surface area contributed by atoms with Crippen LogP contribution in [-0.4, -0.2) is 10.1 Å². The Morgan fingerprint density at radius 2 is 2.06 bits per heavy atom. The van der Waals surface area contributed by atoms with Gasteiger partial charge in [0.25, 0.3) is 0 Å². The van der Waals surface area contributed by atoms with Gasteiger partial charge in [0.05, 0.1) is 6.54 Å².